The van der Waals surface area contributed by atoms with Gasteiger partial charge in [0.15, 0.2) is 5.65 Å². The maximum absolute atomic E-state index is 8.75. The minimum Gasteiger partial charge on any atom is -0.437 e. The monoisotopic (exact) mass is 529 g/mol. The predicted octanol–water partition coefficient (Wildman–Crippen LogP) is 8.40. The van der Waals surface area contributed by atoms with Crippen LogP contribution in [-0.4, -0.2) is 14.4 Å². The lowest BCUT2D eigenvalue weighted by Gasteiger charge is -2.25. The Balaban J connectivity index is 1.31. The van der Waals surface area contributed by atoms with Gasteiger partial charge in [-0.05, 0) is 65.7 Å². The summed E-state index contributed by atoms with van der Waals surface area (Å²) in [5.74, 6) is 0. The molecule has 0 aliphatic heterocycles. The van der Waals surface area contributed by atoms with Gasteiger partial charge in [0.25, 0.3) is 0 Å². The van der Waals surface area contributed by atoms with E-state index in [1.165, 1.54) is 0 Å². The molecule has 0 amide bonds. The Morgan fingerprint density at radius 3 is 2.00 bits per heavy atom. The summed E-state index contributed by atoms with van der Waals surface area (Å²) >= 11 is 0. The van der Waals surface area contributed by atoms with Gasteiger partial charge in [-0.25, -0.2) is 4.98 Å². The second-order valence-electron chi connectivity index (χ2n) is 9.97. The Morgan fingerprint density at radius 2 is 1.29 bits per heavy atom. The zero-order valence-electron chi connectivity index (χ0n) is 21.9. The molecular formula is C35H23N5O. The summed E-state index contributed by atoms with van der Waals surface area (Å²) in [5.41, 5.74) is 8.72. The van der Waals surface area contributed by atoms with E-state index in [0.717, 1.165) is 50.0 Å². The smallest absolute Gasteiger partial charge is 0.233 e. The van der Waals surface area contributed by atoms with Gasteiger partial charge < -0.3 is 9.32 Å². The molecule has 41 heavy (non-hydrogen) atoms. The standard InChI is InChI=1S/C35H23N5O/c36-35-38-34-29(33-37-30-21-24(17-19-31(30)40(33)35)23-10-4-1-5-11-23)20-25-16-18-28(22-32(25)41-34)39(26-12-6-2-7-13-26)27-14-8-3-9-15-27/h1-22,36H. The van der Waals surface area contributed by atoms with Crippen molar-refractivity contribution in [1.29, 1.82) is 5.41 Å². The van der Waals surface area contributed by atoms with Gasteiger partial charge in [-0.2, -0.15) is 4.98 Å². The number of para-hydroxylation sites is 2. The predicted molar refractivity (Wildman–Crippen MR) is 164 cm³/mol. The minimum absolute atomic E-state index is 0.0805. The molecule has 0 aliphatic carbocycles. The van der Waals surface area contributed by atoms with E-state index in [4.69, 9.17) is 14.8 Å². The lowest BCUT2D eigenvalue weighted by molar-refractivity contribution is 0.639. The number of aromatic nitrogens is 3. The fourth-order valence-corrected chi connectivity index (χ4v) is 5.52. The summed E-state index contributed by atoms with van der Waals surface area (Å²) in [5, 5.41) is 10.4. The van der Waals surface area contributed by atoms with Gasteiger partial charge in [-0.15, -0.1) is 0 Å². The van der Waals surface area contributed by atoms with Crippen molar-refractivity contribution in [2.75, 3.05) is 4.90 Å². The number of hydrogen-bond acceptors (Lipinski definition) is 5. The van der Waals surface area contributed by atoms with Crippen LogP contribution in [0.4, 0.5) is 17.1 Å². The number of fused-ring (bicyclic) bond motifs is 6. The fraction of sp³-hybridized carbons (Fsp3) is 0. The summed E-state index contributed by atoms with van der Waals surface area (Å²) in [7, 11) is 0. The zero-order chi connectivity index (χ0) is 27.3. The summed E-state index contributed by atoms with van der Waals surface area (Å²) in [4.78, 5) is 11.7. The lowest BCUT2D eigenvalue weighted by atomic mass is 10.1. The van der Waals surface area contributed by atoms with Gasteiger partial charge in [-0.1, -0.05) is 72.8 Å². The summed E-state index contributed by atoms with van der Waals surface area (Å²) in [6.45, 7) is 0. The highest BCUT2D eigenvalue weighted by Gasteiger charge is 2.17. The fourth-order valence-electron chi connectivity index (χ4n) is 5.52. The Kier molecular flexibility index (Phi) is 5.18. The second-order valence-corrected chi connectivity index (χ2v) is 9.97. The van der Waals surface area contributed by atoms with E-state index in [2.05, 4.69) is 76.6 Å². The second kappa shape index (κ2) is 9.17. The van der Waals surface area contributed by atoms with Gasteiger partial charge in [0.2, 0.25) is 11.3 Å². The van der Waals surface area contributed by atoms with Crippen molar-refractivity contribution in [3.05, 3.63) is 139 Å². The number of hydrogen-bond donors (Lipinski definition) is 1. The van der Waals surface area contributed by atoms with E-state index in [-0.39, 0.29) is 5.62 Å². The normalized spacial score (nSPS) is 11.5. The van der Waals surface area contributed by atoms with Crippen molar-refractivity contribution >= 4 is 55.8 Å². The highest BCUT2D eigenvalue weighted by atomic mass is 16.3. The SMILES string of the molecule is N=c1nc2oc3cc(N(c4ccccc4)c4ccccc4)ccc3cc2c2nc3cc(-c4ccccc4)ccc3n12. The number of benzene rings is 5. The molecule has 0 unspecified atom stereocenters. The molecule has 0 atom stereocenters. The van der Waals surface area contributed by atoms with Crippen molar-refractivity contribution < 1.29 is 4.42 Å². The van der Waals surface area contributed by atoms with Crippen LogP contribution in [0.1, 0.15) is 0 Å². The Bertz CT molecular complexity index is 2230. The molecule has 0 radical (unpaired) electrons. The highest BCUT2D eigenvalue weighted by Crippen LogP contribution is 2.37. The van der Waals surface area contributed by atoms with Gasteiger partial charge in [-0.3, -0.25) is 9.81 Å². The molecule has 0 aliphatic rings. The molecule has 3 aromatic heterocycles. The van der Waals surface area contributed by atoms with Gasteiger partial charge in [0, 0.05) is 28.5 Å². The van der Waals surface area contributed by atoms with Gasteiger partial charge in [0.05, 0.1) is 16.4 Å². The molecule has 0 bridgehead atoms. The van der Waals surface area contributed by atoms with E-state index in [9.17, 15) is 0 Å². The maximum atomic E-state index is 8.75. The summed E-state index contributed by atoms with van der Waals surface area (Å²) in [6.07, 6.45) is 0. The van der Waals surface area contributed by atoms with Crippen LogP contribution in [0.25, 0.3) is 49.9 Å². The molecule has 6 nitrogen and oxygen atoms in total. The van der Waals surface area contributed by atoms with Crippen molar-refractivity contribution in [3.63, 3.8) is 0 Å². The first-order chi connectivity index (χ1) is 20.2. The molecule has 1 N–H and O–H groups in total. The van der Waals surface area contributed by atoms with Crippen molar-refractivity contribution in [2.45, 2.75) is 0 Å². The van der Waals surface area contributed by atoms with Crippen molar-refractivity contribution in [2.24, 2.45) is 0 Å². The van der Waals surface area contributed by atoms with Crippen LogP contribution in [0.5, 0.6) is 0 Å². The molecule has 194 valence electrons. The molecule has 8 rings (SSSR count). The molecule has 0 saturated heterocycles. The molecule has 5 aromatic carbocycles. The van der Waals surface area contributed by atoms with Crippen LogP contribution >= 0.6 is 0 Å². The number of nitrogens with one attached hydrogen (secondary N) is 1. The van der Waals surface area contributed by atoms with Gasteiger partial charge in [0.1, 0.15) is 5.58 Å². The topological polar surface area (TPSA) is 70.4 Å². The van der Waals surface area contributed by atoms with Crippen molar-refractivity contribution in [1.82, 2.24) is 14.4 Å². The van der Waals surface area contributed by atoms with Crippen LogP contribution in [0.15, 0.2) is 138 Å². The lowest BCUT2D eigenvalue weighted by Crippen LogP contribution is -2.16. The van der Waals surface area contributed by atoms with Gasteiger partial charge >= 0.3 is 0 Å². The van der Waals surface area contributed by atoms with E-state index in [1.54, 1.807) is 4.40 Å². The third kappa shape index (κ3) is 3.85. The Morgan fingerprint density at radius 1 is 0.610 bits per heavy atom. The van der Waals surface area contributed by atoms with E-state index >= 15 is 0 Å². The van der Waals surface area contributed by atoms with E-state index < -0.39 is 0 Å². The van der Waals surface area contributed by atoms with Crippen molar-refractivity contribution in [3.8, 4) is 11.1 Å². The molecule has 0 saturated carbocycles. The van der Waals surface area contributed by atoms with E-state index in [0.29, 0.717) is 16.9 Å². The number of anilines is 3. The number of imidazole rings is 1. The molecular weight excluding hydrogens is 506 g/mol. The third-order valence-corrected chi connectivity index (χ3v) is 7.44. The number of nitrogens with zero attached hydrogens (tertiary/aromatic N) is 4. The number of rotatable bonds is 4. The Labute approximate surface area is 234 Å². The first-order valence-corrected chi connectivity index (χ1v) is 13.4. The molecule has 8 aromatic rings. The summed E-state index contributed by atoms with van der Waals surface area (Å²) < 4.78 is 8.16. The summed E-state index contributed by atoms with van der Waals surface area (Å²) in [6, 6.07) is 45.1. The average molecular weight is 530 g/mol. The van der Waals surface area contributed by atoms with Crippen LogP contribution in [0.3, 0.4) is 0 Å². The van der Waals surface area contributed by atoms with Crippen LogP contribution in [0, 0.1) is 5.41 Å². The van der Waals surface area contributed by atoms with Crippen LogP contribution in [0.2, 0.25) is 0 Å². The maximum Gasteiger partial charge on any atom is 0.233 e. The molecule has 3 heterocycles. The zero-order valence-corrected chi connectivity index (χ0v) is 21.9. The average Bonchev–Trinajstić information content (AvgIpc) is 3.42. The molecule has 0 spiro atoms. The highest BCUT2D eigenvalue weighted by molar-refractivity contribution is 6.00. The molecule has 0 fully saturated rings. The first-order valence-electron chi connectivity index (χ1n) is 13.4. The quantitative estimate of drug-likeness (QED) is 0.232. The minimum atomic E-state index is 0.0805. The largest absolute Gasteiger partial charge is 0.437 e. The third-order valence-electron chi connectivity index (χ3n) is 7.44. The van der Waals surface area contributed by atoms with E-state index in [1.807, 2.05) is 66.7 Å². The van der Waals surface area contributed by atoms with Crippen LogP contribution < -0.4 is 10.5 Å². The Hall–Kier alpha value is -5.75. The van der Waals surface area contributed by atoms with Crippen LogP contribution in [-0.2, 0) is 0 Å². The first kappa shape index (κ1) is 23.2. The molecule has 6 heteroatoms.